The van der Waals surface area contributed by atoms with Crippen molar-refractivity contribution in [2.45, 2.75) is 143 Å². The van der Waals surface area contributed by atoms with Gasteiger partial charge in [0.05, 0.1) is 0 Å². The fourth-order valence-electron chi connectivity index (χ4n) is 9.94. The summed E-state index contributed by atoms with van der Waals surface area (Å²) in [6.45, 7) is 13.0. The molecule has 0 heterocycles. The number of alkyl halides is 2. The lowest BCUT2D eigenvalue weighted by Crippen LogP contribution is -2.57. The molecule has 228 valence electrons. The number of hydrogen-bond donors (Lipinski definition) is 1. The average molecular weight is 567 g/mol. The normalized spacial score (nSPS) is 38.4. The highest BCUT2D eigenvalue weighted by atomic mass is 19.3. The van der Waals surface area contributed by atoms with Crippen molar-refractivity contribution in [3.05, 3.63) is 11.6 Å². The summed E-state index contributed by atoms with van der Waals surface area (Å²) >= 11 is 0. The SMILES string of the molecule is CCC(O)(CC)C(F)(F)CC[C@@H](C)[C@H]1CC[C@H]2[C@@H]3CC=C4C[C@@H](OC(C)=O)C[C@H](OC(C)=O)[C@]4(C)[C@H]3CC[C@]12C. The number of rotatable bonds is 9. The molecule has 3 fully saturated rings. The van der Waals surface area contributed by atoms with Crippen LogP contribution in [0.4, 0.5) is 8.78 Å². The second-order valence-corrected chi connectivity index (χ2v) is 14.1. The molecule has 3 saturated carbocycles. The highest BCUT2D eigenvalue weighted by Crippen LogP contribution is 2.67. The quantitative estimate of drug-likeness (QED) is 0.229. The molecule has 7 heteroatoms. The van der Waals surface area contributed by atoms with E-state index < -0.39 is 11.5 Å². The topological polar surface area (TPSA) is 72.8 Å². The third kappa shape index (κ3) is 5.26. The zero-order chi connectivity index (χ0) is 29.7. The minimum Gasteiger partial charge on any atom is -0.462 e. The molecule has 1 N–H and O–H groups in total. The molecule has 0 unspecified atom stereocenters. The molecule has 0 aromatic heterocycles. The van der Waals surface area contributed by atoms with Gasteiger partial charge in [-0.25, -0.2) is 8.78 Å². The van der Waals surface area contributed by atoms with E-state index in [2.05, 4.69) is 26.8 Å². The zero-order valence-corrected chi connectivity index (χ0v) is 25.7. The summed E-state index contributed by atoms with van der Waals surface area (Å²) < 4.78 is 41.7. The Morgan fingerprint density at radius 1 is 1.07 bits per heavy atom. The van der Waals surface area contributed by atoms with Crippen molar-refractivity contribution in [3.8, 4) is 0 Å². The van der Waals surface area contributed by atoms with Crippen LogP contribution in [0, 0.1) is 40.4 Å². The first-order valence-corrected chi connectivity index (χ1v) is 15.8. The monoisotopic (exact) mass is 566 g/mol. The molecule has 0 bridgehead atoms. The minimum atomic E-state index is -3.09. The molecule has 0 amide bonds. The largest absolute Gasteiger partial charge is 0.462 e. The predicted molar refractivity (Wildman–Crippen MR) is 151 cm³/mol. The van der Waals surface area contributed by atoms with Crippen LogP contribution < -0.4 is 0 Å². The summed E-state index contributed by atoms with van der Waals surface area (Å²) in [5.41, 5.74) is -0.870. The van der Waals surface area contributed by atoms with E-state index in [4.69, 9.17) is 9.47 Å². The molecule has 0 aromatic rings. The summed E-state index contributed by atoms with van der Waals surface area (Å²) in [5, 5.41) is 10.5. The lowest BCUT2D eigenvalue weighted by Gasteiger charge is -2.60. The lowest BCUT2D eigenvalue weighted by molar-refractivity contribution is -0.190. The molecule has 0 saturated heterocycles. The first-order chi connectivity index (χ1) is 18.6. The van der Waals surface area contributed by atoms with Crippen LogP contribution in [0.2, 0.25) is 0 Å². The van der Waals surface area contributed by atoms with Crippen molar-refractivity contribution in [1.82, 2.24) is 0 Å². The van der Waals surface area contributed by atoms with E-state index in [0.29, 0.717) is 42.9 Å². The van der Waals surface area contributed by atoms with Gasteiger partial charge in [0.2, 0.25) is 0 Å². The third-order valence-electron chi connectivity index (χ3n) is 12.3. The van der Waals surface area contributed by atoms with Crippen LogP contribution in [0.3, 0.4) is 0 Å². The van der Waals surface area contributed by atoms with Crippen LogP contribution in [0.5, 0.6) is 0 Å². The van der Waals surface area contributed by atoms with E-state index in [1.807, 2.05) is 0 Å². The summed E-state index contributed by atoms with van der Waals surface area (Å²) in [7, 11) is 0. The van der Waals surface area contributed by atoms with Crippen LogP contribution in [0.25, 0.3) is 0 Å². The van der Waals surface area contributed by atoms with Gasteiger partial charge in [-0.15, -0.1) is 0 Å². The number of carbonyl (C=O) groups excluding carboxylic acids is 2. The van der Waals surface area contributed by atoms with Gasteiger partial charge in [0.1, 0.15) is 17.8 Å². The maximum absolute atomic E-state index is 15.1. The van der Waals surface area contributed by atoms with Gasteiger partial charge in [-0.2, -0.15) is 0 Å². The number of ether oxygens (including phenoxy) is 2. The number of hydrogen-bond acceptors (Lipinski definition) is 5. The molecule has 5 nitrogen and oxygen atoms in total. The Balaban J connectivity index is 1.53. The highest BCUT2D eigenvalue weighted by Gasteiger charge is 2.62. The molecule has 4 rings (SSSR count). The Morgan fingerprint density at radius 2 is 1.73 bits per heavy atom. The second kappa shape index (κ2) is 11.3. The smallest absolute Gasteiger partial charge is 0.302 e. The molecular formula is C33H52F2O5. The van der Waals surface area contributed by atoms with Crippen molar-refractivity contribution in [2.24, 2.45) is 40.4 Å². The number of esters is 2. The zero-order valence-electron chi connectivity index (χ0n) is 25.7. The maximum Gasteiger partial charge on any atom is 0.302 e. The Hall–Kier alpha value is -1.50. The molecule has 0 radical (unpaired) electrons. The van der Waals surface area contributed by atoms with Crippen molar-refractivity contribution < 1.29 is 33.0 Å². The van der Waals surface area contributed by atoms with Crippen molar-refractivity contribution in [3.63, 3.8) is 0 Å². The van der Waals surface area contributed by atoms with Crippen LogP contribution in [-0.2, 0) is 19.1 Å². The number of fused-ring (bicyclic) bond motifs is 5. The fraction of sp³-hybridized carbons (Fsp3) is 0.879. The van der Waals surface area contributed by atoms with E-state index in [9.17, 15) is 14.7 Å². The van der Waals surface area contributed by atoms with Gasteiger partial charge in [0.15, 0.2) is 0 Å². The summed E-state index contributed by atoms with van der Waals surface area (Å²) in [6, 6.07) is 0. The van der Waals surface area contributed by atoms with E-state index in [1.165, 1.54) is 19.4 Å². The van der Waals surface area contributed by atoms with Crippen LogP contribution in [-0.4, -0.2) is 40.8 Å². The molecule has 0 aliphatic heterocycles. The summed E-state index contributed by atoms with van der Waals surface area (Å²) in [5.74, 6) is -1.83. The van der Waals surface area contributed by atoms with Gasteiger partial charge in [-0.05, 0) is 86.4 Å². The fourth-order valence-corrected chi connectivity index (χ4v) is 9.94. The maximum atomic E-state index is 15.1. The molecule has 4 aliphatic rings. The Labute approximate surface area is 239 Å². The average Bonchev–Trinajstić information content (AvgIpc) is 3.24. The van der Waals surface area contributed by atoms with Gasteiger partial charge in [-0.1, -0.05) is 46.3 Å². The molecule has 40 heavy (non-hydrogen) atoms. The van der Waals surface area contributed by atoms with E-state index in [-0.39, 0.29) is 60.2 Å². The van der Waals surface area contributed by atoms with Gasteiger partial charge >= 0.3 is 11.9 Å². The first kappa shape index (κ1) is 31.4. The standard InChI is InChI=1S/C33H52F2O5/c1-8-32(38,9-2)33(34,35)17-14-20(3)26-12-13-27-25-11-10-23-18-24(39-21(4)36)19-29(40-22(5)37)31(23,7)28(25)15-16-30(26,27)6/h10,20,24-29,38H,8-9,11-19H2,1-7H3/t20-,24-,25+,26-,27+,28+,29+,30-,31+/m1/s1. The van der Waals surface area contributed by atoms with Gasteiger partial charge in [-0.3, -0.25) is 9.59 Å². The molecule has 0 aromatic carbocycles. The molecule has 0 spiro atoms. The Kier molecular flexibility index (Phi) is 8.88. The number of aliphatic hydroxyl groups is 1. The van der Waals surface area contributed by atoms with Crippen LogP contribution >= 0.6 is 0 Å². The van der Waals surface area contributed by atoms with Crippen molar-refractivity contribution >= 4 is 11.9 Å². The number of halogens is 2. The Morgan fingerprint density at radius 3 is 2.33 bits per heavy atom. The lowest BCUT2D eigenvalue weighted by atomic mass is 9.46. The van der Waals surface area contributed by atoms with Gasteiger partial charge < -0.3 is 14.6 Å². The summed E-state index contributed by atoms with van der Waals surface area (Å²) in [6.07, 6.45) is 8.39. The van der Waals surface area contributed by atoms with Gasteiger partial charge in [0.25, 0.3) is 5.92 Å². The first-order valence-electron chi connectivity index (χ1n) is 15.8. The van der Waals surface area contributed by atoms with Crippen LogP contribution in [0.1, 0.15) is 119 Å². The third-order valence-corrected chi connectivity index (χ3v) is 12.3. The van der Waals surface area contributed by atoms with Gasteiger partial charge in [0, 0.05) is 38.5 Å². The van der Waals surface area contributed by atoms with Crippen LogP contribution in [0.15, 0.2) is 11.6 Å². The molecule has 4 aliphatic carbocycles. The summed E-state index contributed by atoms with van der Waals surface area (Å²) in [4.78, 5) is 23.9. The molecular weight excluding hydrogens is 514 g/mol. The second-order valence-electron chi connectivity index (χ2n) is 14.1. The highest BCUT2D eigenvalue weighted by molar-refractivity contribution is 5.67. The predicted octanol–water partition coefficient (Wildman–Crippen LogP) is 7.64. The number of allylic oxidation sites excluding steroid dienone is 1. The van der Waals surface area contributed by atoms with E-state index >= 15 is 8.78 Å². The van der Waals surface area contributed by atoms with E-state index in [0.717, 1.165) is 32.1 Å². The Bertz CT molecular complexity index is 989. The van der Waals surface area contributed by atoms with Crippen molar-refractivity contribution in [2.75, 3.05) is 0 Å². The van der Waals surface area contributed by atoms with Crippen molar-refractivity contribution in [1.29, 1.82) is 0 Å². The number of carbonyl (C=O) groups is 2. The minimum absolute atomic E-state index is 0.0569. The van der Waals surface area contributed by atoms with E-state index in [1.54, 1.807) is 13.8 Å². The molecule has 9 atom stereocenters.